The van der Waals surface area contributed by atoms with Gasteiger partial charge in [-0.3, -0.25) is 4.98 Å². The Kier molecular flexibility index (Phi) is 3.48. The van der Waals surface area contributed by atoms with Gasteiger partial charge in [0.2, 0.25) is 0 Å². The summed E-state index contributed by atoms with van der Waals surface area (Å²) in [6, 6.07) is 4.08. The van der Waals surface area contributed by atoms with Crippen LogP contribution in [0.4, 0.5) is 0 Å². The summed E-state index contributed by atoms with van der Waals surface area (Å²) in [5, 5.41) is 3.03. The number of likely N-dealkylation sites (N-methyl/N-ethyl adjacent to an activating group) is 1. The van der Waals surface area contributed by atoms with E-state index in [1.807, 2.05) is 32.3 Å². The van der Waals surface area contributed by atoms with Crippen LogP contribution in [0.15, 0.2) is 24.4 Å². The summed E-state index contributed by atoms with van der Waals surface area (Å²) in [6.07, 6.45) is 5.94. The molecule has 1 aromatic rings. The van der Waals surface area contributed by atoms with E-state index in [9.17, 15) is 0 Å². The highest BCUT2D eigenvalue weighted by Crippen LogP contribution is 1.99. The van der Waals surface area contributed by atoms with Crippen LogP contribution < -0.4 is 5.32 Å². The summed E-state index contributed by atoms with van der Waals surface area (Å²) in [6.45, 7) is 2.92. The Hall–Kier alpha value is -1.15. The molecule has 0 aliphatic rings. The number of hydrogen-bond donors (Lipinski definition) is 1. The first-order chi connectivity index (χ1) is 5.83. The Balaban J connectivity index is 2.58. The highest BCUT2D eigenvalue weighted by molar-refractivity contribution is 5.44. The lowest BCUT2D eigenvalue weighted by Crippen LogP contribution is -2.03. The van der Waals surface area contributed by atoms with Gasteiger partial charge in [-0.2, -0.15) is 0 Å². The summed E-state index contributed by atoms with van der Waals surface area (Å²) < 4.78 is 0. The minimum Gasteiger partial charge on any atom is -0.316 e. The van der Waals surface area contributed by atoms with Crippen molar-refractivity contribution in [3.05, 3.63) is 35.7 Å². The van der Waals surface area contributed by atoms with E-state index < -0.39 is 0 Å². The van der Waals surface area contributed by atoms with E-state index in [2.05, 4.69) is 22.4 Å². The lowest BCUT2D eigenvalue weighted by Gasteiger charge is -1.93. The number of aromatic nitrogens is 1. The zero-order valence-electron chi connectivity index (χ0n) is 7.54. The fourth-order valence-electron chi connectivity index (χ4n) is 0.875. The Morgan fingerprint density at radius 3 is 2.92 bits per heavy atom. The smallest absolute Gasteiger partial charge is 0.0627 e. The standard InChI is InChI=1S/C10H14N2/c1-9-5-6-10(12-8-9)4-3-7-11-2/h3-6,8,11H,7H2,1-2H3. The Morgan fingerprint density at radius 1 is 1.50 bits per heavy atom. The molecule has 0 amide bonds. The lowest BCUT2D eigenvalue weighted by atomic mass is 10.2. The Labute approximate surface area is 73.3 Å². The number of nitrogens with one attached hydrogen (secondary N) is 1. The van der Waals surface area contributed by atoms with Gasteiger partial charge in [-0.25, -0.2) is 0 Å². The molecule has 1 rings (SSSR count). The number of aryl methyl sites for hydroxylation is 1. The maximum absolute atomic E-state index is 4.24. The first-order valence-corrected chi connectivity index (χ1v) is 4.06. The molecular formula is C10H14N2. The summed E-state index contributed by atoms with van der Waals surface area (Å²) in [5.74, 6) is 0. The van der Waals surface area contributed by atoms with Crippen LogP contribution in [0.1, 0.15) is 11.3 Å². The molecule has 12 heavy (non-hydrogen) atoms. The molecule has 0 aromatic carbocycles. The molecule has 0 saturated heterocycles. The van der Waals surface area contributed by atoms with Gasteiger partial charge < -0.3 is 5.32 Å². The van der Waals surface area contributed by atoms with Gasteiger partial charge in [0.05, 0.1) is 5.69 Å². The van der Waals surface area contributed by atoms with Crippen LogP contribution in [0.2, 0.25) is 0 Å². The molecule has 1 heterocycles. The van der Waals surface area contributed by atoms with Crippen LogP contribution in [-0.2, 0) is 0 Å². The van der Waals surface area contributed by atoms with E-state index in [4.69, 9.17) is 0 Å². The van der Waals surface area contributed by atoms with E-state index >= 15 is 0 Å². The van der Waals surface area contributed by atoms with Crippen molar-refractivity contribution in [3.63, 3.8) is 0 Å². The van der Waals surface area contributed by atoms with Crippen LogP contribution in [-0.4, -0.2) is 18.6 Å². The summed E-state index contributed by atoms with van der Waals surface area (Å²) in [4.78, 5) is 4.24. The number of hydrogen-bond acceptors (Lipinski definition) is 2. The van der Waals surface area contributed by atoms with E-state index in [-0.39, 0.29) is 0 Å². The van der Waals surface area contributed by atoms with E-state index in [0.29, 0.717) is 0 Å². The molecule has 1 N–H and O–H groups in total. The van der Waals surface area contributed by atoms with Crippen LogP contribution in [0.5, 0.6) is 0 Å². The SMILES string of the molecule is CNCC=Cc1ccc(C)cn1. The Bertz CT molecular complexity index is 249. The molecule has 0 spiro atoms. The molecule has 64 valence electrons. The second kappa shape index (κ2) is 4.67. The van der Waals surface area contributed by atoms with Crippen molar-refractivity contribution in [2.45, 2.75) is 6.92 Å². The van der Waals surface area contributed by atoms with Crippen molar-refractivity contribution in [1.82, 2.24) is 10.3 Å². The van der Waals surface area contributed by atoms with E-state index in [0.717, 1.165) is 12.2 Å². The summed E-state index contributed by atoms with van der Waals surface area (Å²) >= 11 is 0. The van der Waals surface area contributed by atoms with Crippen LogP contribution in [0.25, 0.3) is 6.08 Å². The van der Waals surface area contributed by atoms with Gasteiger partial charge in [0.1, 0.15) is 0 Å². The van der Waals surface area contributed by atoms with E-state index in [1.54, 1.807) is 0 Å². The highest BCUT2D eigenvalue weighted by Gasteiger charge is 1.86. The van der Waals surface area contributed by atoms with Gasteiger partial charge in [0.25, 0.3) is 0 Å². The second-order valence-electron chi connectivity index (χ2n) is 2.72. The van der Waals surface area contributed by atoms with Crippen LogP contribution in [0, 0.1) is 6.92 Å². The van der Waals surface area contributed by atoms with Gasteiger partial charge >= 0.3 is 0 Å². The molecule has 0 radical (unpaired) electrons. The summed E-state index contributed by atoms with van der Waals surface area (Å²) in [7, 11) is 1.92. The van der Waals surface area contributed by atoms with Crippen molar-refractivity contribution in [1.29, 1.82) is 0 Å². The minimum atomic E-state index is 0.884. The van der Waals surface area contributed by atoms with Crippen molar-refractivity contribution in [3.8, 4) is 0 Å². The molecule has 2 heteroatoms. The fraction of sp³-hybridized carbons (Fsp3) is 0.300. The topological polar surface area (TPSA) is 24.9 Å². The predicted octanol–water partition coefficient (Wildman–Crippen LogP) is 1.62. The van der Waals surface area contributed by atoms with Crippen LogP contribution in [0.3, 0.4) is 0 Å². The van der Waals surface area contributed by atoms with Crippen molar-refractivity contribution in [2.24, 2.45) is 0 Å². The number of rotatable bonds is 3. The van der Waals surface area contributed by atoms with Gasteiger partial charge in [-0.05, 0) is 31.7 Å². The molecule has 1 aromatic heterocycles. The molecule has 0 bridgehead atoms. The average Bonchev–Trinajstić information content (AvgIpc) is 2.09. The predicted molar refractivity (Wildman–Crippen MR) is 51.9 cm³/mol. The third-order valence-electron chi connectivity index (χ3n) is 1.54. The average molecular weight is 162 g/mol. The largest absolute Gasteiger partial charge is 0.316 e. The van der Waals surface area contributed by atoms with Gasteiger partial charge in [-0.1, -0.05) is 12.1 Å². The van der Waals surface area contributed by atoms with Gasteiger partial charge in [0, 0.05) is 12.7 Å². The zero-order valence-corrected chi connectivity index (χ0v) is 7.54. The molecule has 0 aliphatic heterocycles. The minimum absolute atomic E-state index is 0.884. The Morgan fingerprint density at radius 2 is 2.33 bits per heavy atom. The molecule has 0 unspecified atom stereocenters. The summed E-state index contributed by atoms with van der Waals surface area (Å²) in [5.41, 5.74) is 2.21. The molecule has 0 fully saturated rings. The first kappa shape index (κ1) is 8.94. The fourth-order valence-corrected chi connectivity index (χ4v) is 0.875. The van der Waals surface area contributed by atoms with Gasteiger partial charge in [-0.15, -0.1) is 0 Å². The lowest BCUT2D eigenvalue weighted by molar-refractivity contribution is 0.922. The highest BCUT2D eigenvalue weighted by atomic mass is 14.8. The van der Waals surface area contributed by atoms with Crippen LogP contribution >= 0.6 is 0 Å². The van der Waals surface area contributed by atoms with Crippen molar-refractivity contribution in [2.75, 3.05) is 13.6 Å². The molecular weight excluding hydrogens is 148 g/mol. The molecule has 0 aliphatic carbocycles. The van der Waals surface area contributed by atoms with Crippen molar-refractivity contribution >= 4 is 6.08 Å². The normalized spacial score (nSPS) is 10.8. The number of nitrogens with zero attached hydrogens (tertiary/aromatic N) is 1. The zero-order chi connectivity index (χ0) is 8.81. The number of pyridine rings is 1. The third-order valence-corrected chi connectivity index (χ3v) is 1.54. The molecule has 0 saturated carbocycles. The molecule has 2 nitrogen and oxygen atoms in total. The first-order valence-electron chi connectivity index (χ1n) is 4.06. The monoisotopic (exact) mass is 162 g/mol. The maximum Gasteiger partial charge on any atom is 0.0627 e. The van der Waals surface area contributed by atoms with Crippen molar-refractivity contribution < 1.29 is 0 Å². The molecule has 0 atom stereocenters. The van der Waals surface area contributed by atoms with E-state index in [1.165, 1.54) is 5.56 Å². The second-order valence-corrected chi connectivity index (χ2v) is 2.72. The van der Waals surface area contributed by atoms with Gasteiger partial charge in [0.15, 0.2) is 0 Å². The quantitative estimate of drug-likeness (QED) is 0.730. The third kappa shape index (κ3) is 2.84. The maximum atomic E-state index is 4.24.